The topological polar surface area (TPSA) is 85.0 Å². The number of likely N-dealkylation sites (tertiary alicyclic amines) is 1. The SMILES string of the molecule is O=C1Nc2ccc(-c3ccc(Cl)cc3F)cc2C(=O)N2CCN(C(=O)[C@@H]3CCCN3C3CCNCC3)CC12. The average Bonchev–Trinajstić information content (AvgIpc) is 3.39. The van der Waals surface area contributed by atoms with Gasteiger partial charge in [-0.2, -0.15) is 0 Å². The lowest BCUT2D eigenvalue weighted by molar-refractivity contribution is -0.140. The van der Waals surface area contributed by atoms with Crippen LogP contribution in [-0.4, -0.2) is 89.8 Å². The predicted molar refractivity (Wildman–Crippen MR) is 142 cm³/mol. The molecule has 2 aromatic rings. The van der Waals surface area contributed by atoms with Gasteiger partial charge in [0.25, 0.3) is 5.91 Å². The number of halogens is 2. The van der Waals surface area contributed by atoms with Crippen LogP contribution in [-0.2, 0) is 9.59 Å². The van der Waals surface area contributed by atoms with E-state index < -0.39 is 11.9 Å². The summed E-state index contributed by atoms with van der Waals surface area (Å²) >= 11 is 5.90. The number of amides is 3. The van der Waals surface area contributed by atoms with Crippen molar-refractivity contribution in [1.29, 1.82) is 0 Å². The maximum atomic E-state index is 14.6. The largest absolute Gasteiger partial charge is 0.337 e. The quantitative estimate of drug-likeness (QED) is 0.626. The molecule has 2 atom stereocenters. The fourth-order valence-corrected chi connectivity index (χ4v) is 6.54. The van der Waals surface area contributed by atoms with Crippen molar-refractivity contribution < 1.29 is 18.8 Å². The van der Waals surface area contributed by atoms with Gasteiger partial charge in [0.15, 0.2) is 0 Å². The van der Waals surface area contributed by atoms with E-state index in [1.165, 1.54) is 6.07 Å². The van der Waals surface area contributed by atoms with Crippen molar-refractivity contribution in [2.24, 2.45) is 0 Å². The van der Waals surface area contributed by atoms with Crippen LogP contribution in [0.1, 0.15) is 36.0 Å². The summed E-state index contributed by atoms with van der Waals surface area (Å²) in [4.78, 5) is 46.2. The number of nitrogens with zero attached hydrogens (tertiary/aromatic N) is 3. The minimum Gasteiger partial charge on any atom is -0.337 e. The van der Waals surface area contributed by atoms with E-state index in [0.29, 0.717) is 35.0 Å². The van der Waals surface area contributed by atoms with Crippen LogP contribution in [0.3, 0.4) is 0 Å². The van der Waals surface area contributed by atoms with Gasteiger partial charge >= 0.3 is 0 Å². The second-order valence-corrected chi connectivity index (χ2v) is 11.0. The number of anilines is 1. The first-order valence-electron chi connectivity index (χ1n) is 13.4. The lowest BCUT2D eigenvalue weighted by Crippen LogP contribution is -2.62. The van der Waals surface area contributed by atoms with Crippen LogP contribution < -0.4 is 10.6 Å². The molecule has 6 rings (SSSR count). The number of piperidine rings is 1. The smallest absolute Gasteiger partial charge is 0.256 e. The molecular formula is C28H31ClFN5O3. The highest BCUT2D eigenvalue weighted by atomic mass is 35.5. The van der Waals surface area contributed by atoms with Gasteiger partial charge in [-0.15, -0.1) is 0 Å². The van der Waals surface area contributed by atoms with Gasteiger partial charge in [-0.05, 0) is 81.2 Å². The molecular weight excluding hydrogens is 509 g/mol. The zero-order valence-corrected chi connectivity index (χ0v) is 21.8. The third-order valence-electron chi connectivity index (χ3n) is 8.36. The normalized spacial score (nSPS) is 24.6. The summed E-state index contributed by atoms with van der Waals surface area (Å²) in [7, 11) is 0. The molecule has 0 spiro atoms. The molecule has 4 aliphatic heterocycles. The van der Waals surface area contributed by atoms with Gasteiger partial charge in [0, 0.05) is 29.7 Å². The highest BCUT2D eigenvalue weighted by Gasteiger charge is 2.44. The van der Waals surface area contributed by atoms with E-state index in [2.05, 4.69) is 15.5 Å². The number of hydrogen-bond acceptors (Lipinski definition) is 5. The molecule has 0 saturated carbocycles. The zero-order chi connectivity index (χ0) is 26.4. The molecule has 200 valence electrons. The van der Waals surface area contributed by atoms with E-state index in [1.807, 2.05) is 0 Å². The van der Waals surface area contributed by atoms with Crippen LogP contribution in [0.4, 0.5) is 10.1 Å². The van der Waals surface area contributed by atoms with Crippen molar-refractivity contribution in [2.45, 2.75) is 43.8 Å². The monoisotopic (exact) mass is 539 g/mol. The van der Waals surface area contributed by atoms with Crippen LogP contribution in [0.15, 0.2) is 36.4 Å². The van der Waals surface area contributed by atoms with Gasteiger partial charge in [-0.1, -0.05) is 17.7 Å². The molecule has 3 fully saturated rings. The Morgan fingerprint density at radius 2 is 1.79 bits per heavy atom. The first kappa shape index (κ1) is 25.3. The van der Waals surface area contributed by atoms with Gasteiger partial charge in [0.2, 0.25) is 11.8 Å². The molecule has 4 heterocycles. The fraction of sp³-hybridized carbons (Fsp3) is 0.464. The summed E-state index contributed by atoms with van der Waals surface area (Å²) in [6.07, 6.45) is 3.90. The maximum Gasteiger partial charge on any atom is 0.256 e. The first-order chi connectivity index (χ1) is 18.4. The second kappa shape index (κ2) is 10.3. The first-order valence-corrected chi connectivity index (χ1v) is 13.7. The number of benzene rings is 2. The Morgan fingerprint density at radius 1 is 0.974 bits per heavy atom. The number of hydrogen-bond donors (Lipinski definition) is 2. The predicted octanol–water partition coefficient (Wildman–Crippen LogP) is 2.97. The van der Waals surface area contributed by atoms with Crippen molar-refractivity contribution in [2.75, 3.05) is 44.6 Å². The highest BCUT2D eigenvalue weighted by Crippen LogP contribution is 2.33. The van der Waals surface area contributed by atoms with Crippen LogP contribution in [0.2, 0.25) is 5.02 Å². The Balaban J connectivity index is 1.21. The summed E-state index contributed by atoms with van der Waals surface area (Å²) < 4.78 is 14.6. The molecule has 4 aliphatic rings. The van der Waals surface area contributed by atoms with E-state index in [4.69, 9.17) is 11.6 Å². The summed E-state index contributed by atoms with van der Waals surface area (Å²) in [6.45, 7) is 3.68. The molecule has 0 aliphatic carbocycles. The average molecular weight is 540 g/mol. The number of carbonyl (C=O) groups is 3. The number of rotatable bonds is 3. The summed E-state index contributed by atoms with van der Waals surface area (Å²) in [5.74, 6) is -1.05. The maximum absolute atomic E-state index is 14.6. The Hall–Kier alpha value is -3.01. The van der Waals surface area contributed by atoms with Crippen molar-refractivity contribution >= 4 is 35.0 Å². The molecule has 2 N–H and O–H groups in total. The number of nitrogens with one attached hydrogen (secondary N) is 2. The van der Waals surface area contributed by atoms with E-state index in [-0.39, 0.29) is 41.9 Å². The zero-order valence-electron chi connectivity index (χ0n) is 21.1. The molecule has 0 aromatic heterocycles. The van der Waals surface area contributed by atoms with E-state index in [1.54, 1.807) is 40.1 Å². The Morgan fingerprint density at radius 3 is 2.58 bits per heavy atom. The minimum atomic E-state index is -0.781. The summed E-state index contributed by atoms with van der Waals surface area (Å²) in [5.41, 5.74) is 1.54. The van der Waals surface area contributed by atoms with E-state index >= 15 is 0 Å². The van der Waals surface area contributed by atoms with Crippen LogP contribution in [0, 0.1) is 5.82 Å². The van der Waals surface area contributed by atoms with Crippen molar-refractivity contribution in [3.63, 3.8) is 0 Å². The van der Waals surface area contributed by atoms with Gasteiger partial charge in [-0.25, -0.2) is 4.39 Å². The lowest BCUT2D eigenvalue weighted by Gasteiger charge is -2.42. The molecule has 1 unspecified atom stereocenters. The van der Waals surface area contributed by atoms with Gasteiger partial charge in [0.05, 0.1) is 23.8 Å². The Kier molecular flexibility index (Phi) is 6.84. The fourth-order valence-electron chi connectivity index (χ4n) is 6.38. The van der Waals surface area contributed by atoms with Crippen molar-refractivity contribution in [1.82, 2.24) is 20.0 Å². The third-order valence-corrected chi connectivity index (χ3v) is 8.60. The van der Waals surface area contributed by atoms with Crippen molar-refractivity contribution in [3.8, 4) is 11.1 Å². The molecule has 0 bridgehead atoms. The molecule has 8 nitrogen and oxygen atoms in total. The second-order valence-electron chi connectivity index (χ2n) is 10.5. The van der Waals surface area contributed by atoms with Gasteiger partial charge < -0.3 is 20.4 Å². The molecule has 2 aromatic carbocycles. The van der Waals surface area contributed by atoms with Gasteiger partial charge in [0.1, 0.15) is 11.9 Å². The Labute approximate surface area is 226 Å². The molecule has 38 heavy (non-hydrogen) atoms. The van der Waals surface area contributed by atoms with Crippen LogP contribution >= 0.6 is 11.6 Å². The van der Waals surface area contributed by atoms with Crippen LogP contribution in [0.5, 0.6) is 0 Å². The number of piperazine rings is 1. The Bertz CT molecular complexity index is 1280. The third kappa shape index (κ3) is 4.57. The molecule has 3 amide bonds. The van der Waals surface area contributed by atoms with E-state index in [9.17, 15) is 18.8 Å². The minimum absolute atomic E-state index is 0.0585. The highest BCUT2D eigenvalue weighted by molar-refractivity contribution is 6.30. The number of carbonyl (C=O) groups excluding carboxylic acids is 3. The standard InChI is InChI=1S/C28H31ClFN5O3/c29-18-4-5-20(22(30)15-18)17-3-6-23-21(14-17)27(37)35-13-12-33(16-25(35)26(36)32-23)28(38)24-2-1-11-34(24)19-7-9-31-10-8-19/h3-6,14-15,19,24-25,31H,1-2,7-13,16H2,(H,32,36)/t24-,25?/m0/s1. The molecule has 10 heteroatoms. The number of fused-ring (bicyclic) bond motifs is 2. The summed E-state index contributed by atoms with van der Waals surface area (Å²) in [6, 6.07) is 8.78. The van der Waals surface area contributed by atoms with Crippen molar-refractivity contribution in [3.05, 3.63) is 52.8 Å². The summed E-state index contributed by atoms with van der Waals surface area (Å²) in [5, 5.41) is 6.55. The van der Waals surface area contributed by atoms with E-state index in [0.717, 1.165) is 45.3 Å². The van der Waals surface area contributed by atoms with Gasteiger partial charge in [-0.3, -0.25) is 19.3 Å². The molecule has 3 saturated heterocycles. The van der Waals surface area contributed by atoms with Crippen LogP contribution in [0.25, 0.3) is 11.1 Å². The molecule has 0 radical (unpaired) electrons. The lowest BCUT2D eigenvalue weighted by atomic mass is 10.0.